The van der Waals surface area contributed by atoms with E-state index in [0.29, 0.717) is 6.61 Å². The van der Waals surface area contributed by atoms with Crippen LogP contribution in [0, 0.1) is 0 Å². The highest BCUT2D eigenvalue weighted by molar-refractivity contribution is 7.17. The van der Waals surface area contributed by atoms with E-state index in [1.54, 1.807) is 11.3 Å². The predicted octanol–water partition coefficient (Wildman–Crippen LogP) is 3.96. The Kier molecular flexibility index (Phi) is 3.79. The molecule has 0 aliphatic carbocycles. The van der Waals surface area contributed by atoms with Crippen molar-refractivity contribution in [2.45, 2.75) is 26.2 Å². The Balaban J connectivity index is 2.42. The zero-order chi connectivity index (χ0) is 12.3. The molecule has 0 aliphatic heterocycles. The van der Waals surface area contributed by atoms with Crippen molar-refractivity contribution in [2.24, 2.45) is 0 Å². The van der Waals surface area contributed by atoms with Crippen LogP contribution in [0.4, 0.5) is 0 Å². The number of ether oxygens (including phenoxy) is 1. The Hall–Kier alpha value is -1.35. The zero-order valence-electron chi connectivity index (χ0n) is 10.1. The molecule has 1 heterocycles. The van der Waals surface area contributed by atoms with Crippen LogP contribution in [0.25, 0.3) is 10.1 Å². The first kappa shape index (κ1) is 12.1. The zero-order valence-corrected chi connectivity index (χ0v) is 10.9. The topological polar surface area (TPSA) is 26.3 Å². The van der Waals surface area contributed by atoms with Gasteiger partial charge in [0.05, 0.1) is 12.5 Å². The van der Waals surface area contributed by atoms with Gasteiger partial charge in [-0.15, -0.1) is 11.3 Å². The Labute approximate surface area is 105 Å². The van der Waals surface area contributed by atoms with Crippen molar-refractivity contribution in [3.63, 3.8) is 0 Å². The maximum absolute atomic E-state index is 11.9. The van der Waals surface area contributed by atoms with Gasteiger partial charge in [-0.25, -0.2) is 0 Å². The summed E-state index contributed by atoms with van der Waals surface area (Å²) >= 11 is 1.69. The van der Waals surface area contributed by atoms with E-state index in [-0.39, 0.29) is 11.9 Å². The van der Waals surface area contributed by atoms with E-state index in [4.69, 9.17) is 4.74 Å². The molecule has 1 aromatic carbocycles. The monoisotopic (exact) mass is 248 g/mol. The fourth-order valence-electron chi connectivity index (χ4n) is 2.05. The van der Waals surface area contributed by atoms with Gasteiger partial charge in [-0.2, -0.15) is 0 Å². The van der Waals surface area contributed by atoms with E-state index in [9.17, 15) is 4.79 Å². The minimum atomic E-state index is -0.141. The molecule has 0 saturated heterocycles. The highest BCUT2D eigenvalue weighted by Crippen LogP contribution is 2.32. The van der Waals surface area contributed by atoms with Crippen LogP contribution in [0.1, 0.15) is 31.7 Å². The number of rotatable bonds is 4. The molecule has 2 nitrogen and oxygen atoms in total. The van der Waals surface area contributed by atoms with Gasteiger partial charge in [-0.3, -0.25) is 4.79 Å². The van der Waals surface area contributed by atoms with Gasteiger partial charge in [0.2, 0.25) is 0 Å². The lowest BCUT2D eigenvalue weighted by Gasteiger charge is -2.14. The number of benzene rings is 1. The first-order chi connectivity index (χ1) is 8.27. The number of esters is 1. The maximum Gasteiger partial charge on any atom is 0.313 e. The summed E-state index contributed by atoms with van der Waals surface area (Å²) in [7, 11) is 0. The van der Waals surface area contributed by atoms with Gasteiger partial charge in [0.1, 0.15) is 0 Å². The summed E-state index contributed by atoms with van der Waals surface area (Å²) < 4.78 is 6.34. The van der Waals surface area contributed by atoms with Crippen LogP contribution in [0.5, 0.6) is 0 Å². The molecular formula is C14H16O2S. The van der Waals surface area contributed by atoms with Crippen molar-refractivity contribution in [3.8, 4) is 0 Å². The van der Waals surface area contributed by atoms with Crippen molar-refractivity contribution < 1.29 is 9.53 Å². The maximum atomic E-state index is 11.9. The largest absolute Gasteiger partial charge is 0.466 e. The van der Waals surface area contributed by atoms with Crippen molar-refractivity contribution in [3.05, 3.63) is 35.2 Å². The molecule has 2 rings (SSSR count). The highest BCUT2D eigenvalue weighted by Gasteiger charge is 2.22. The van der Waals surface area contributed by atoms with E-state index in [0.717, 1.165) is 12.0 Å². The smallest absolute Gasteiger partial charge is 0.313 e. The summed E-state index contributed by atoms with van der Waals surface area (Å²) in [4.78, 5) is 11.9. The van der Waals surface area contributed by atoms with E-state index in [1.807, 2.05) is 26.0 Å². The Morgan fingerprint density at radius 2 is 2.18 bits per heavy atom. The Morgan fingerprint density at radius 1 is 1.35 bits per heavy atom. The number of thiophene rings is 1. The van der Waals surface area contributed by atoms with Crippen molar-refractivity contribution in [2.75, 3.05) is 6.61 Å². The molecule has 0 amide bonds. The number of hydrogen-bond donors (Lipinski definition) is 0. The van der Waals surface area contributed by atoms with Crippen LogP contribution in [-0.2, 0) is 9.53 Å². The average molecular weight is 248 g/mol. The highest BCUT2D eigenvalue weighted by atomic mass is 32.1. The Morgan fingerprint density at radius 3 is 2.88 bits per heavy atom. The molecule has 90 valence electrons. The predicted molar refractivity (Wildman–Crippen MR) is 71.5 cm³/mol. The van der Waals surface area contributed by atoms with Gasteiger partial charge >= 0.3 is 5.97 Å². The normalized spacial score (nSPS) is 12.6. The Bertz CT molecular complexity index is 516. The summed E-state index contributed by atoms with van der Waals surface area (Å²) in [5, 5.41) is 3.27. The van der Waals surface area contributed by atoms with Crippen LogP contribution < -0.4 is 0 Å². The number of carbonyl (C=O) groups is 1. The minimum absolute atomic E-state index is 0.115. The lowest BCUT2D eigenvalue weighted by Crippen LogP contribution is -2.15. The van der Waals surface area contributed by atoms with Crippen LogP contribution in [-0.4, -0.2) is 12.6 Å². The molecule has 0 radical (unpaired) electrons. The molecule has 2 aromatic rings. The van der Waals surface area contributed by atoms with Crippen LogP contribution >= 0.6 is 11.3 Å². The SMILES string of the molecule is CCOC(=O)C(CC)c1cccc2ccsc12. The summed E-state index contributed by atoms with van der Waals surface area (Å²) in [6.07, 6.45) is 0.774. The molecule has 0 spiro atoms. The van der Waals surface area contributed by atoms with Crippen molar-refractivity contribution in [1.29, 1.82) is 0 Å². The lowest BCUT2D eigenvalue weighted by molar-refractivity contribution is -0.145. The van der Waals surface area contributed by atoms with Crippen LogP contribution in [0.15, 0.2) is 29.6 Å². The standard InChI is InChI=1S/C14H16O2S/c1-3-11(14(15)16-4-2)12-7-5-6-10-8-9-17-13(10)12/h5-9,11H,3-4H2,1-2H3. The van der Waals surface area contributed by atoms with Crippen LogP contribution in [0.2, 0.25) is 0 Å². The minimum Gasteiger partial charge on any atom is -0.466 e. The molecule has 0 bridgehead atoms. The molecule has 1 aromatic heterocycles. The van der Waals surface area contributed by atoms with Gasteiger partial charge in [0, 0.05) is 4.70 Å². The quantitative estimate of drug-likeness (QED) is 0.766. The van der Waals surface area contributed by atoms with Gasteiger partial charge in [-0.05, 0) is 35.7 Å². The molecule has 3 heteroatoms. The van der Waals surface area contributed by atoms with E-state index in [2.05, 4.69) is 17.5 Å². The molecule has 0 fully saturated rings. The first-order valence-electron chi connectivity index (χ1n) is 5.90. The lowest BCUT2D eigenvalue weighted by atomic mass is 9.95. The summed E-state index contributed by atoms with van der Waals surface area (Å²) in [5.74, 6) is -0.256. The average Bonchev–Trinajstić information content (AvgIpc) is 2.79. The molecule has 0 N–H and O–H groups in total. The summed E-state index contributed by atoms with van der Waals surface area (Å²) in [6.45, 7) is 4.31. The second kappa shape index (κ2) is 5.32. The summed E-state index contributed by atoms with van der Waals surface area (Å²) in [6, 6.07) is 8.20. The van der Waals surface area contributed by atoms with E-state index in [1.165, 1.54) is 10.1 Å². The van der Waals surface area contributed by atoms with E-state index < -0.39 is 0 Å². The van der Waals surface area contributed by atoms with Crippen molar-refractivity contribution in [1.82, 2.24) is 0 Å². The van der Waals surface area contributed by atoms with E-state index >= 15 is 0 Å². The fourth-order valence-corrected chi connectivity index (χ4v) is 3.02. The number of fused-ring (bicyclic) bond motifs is 1. The number of carbonyl (C=O) groups excluding carboxylic acids is 1. The molecular weight excluding hydrogens is 232 g/mol. The second-order valence-corrected chi connectivity index (χ2v) is 4.82. The third-order valence-electron chi connectivity index (χ3n) is 2.86. The van der Waals surface area contributed by atoms with Crippen molar-refractivity contribution >= 4 is 27.4 Å². The molecule has 1 atom stereocenters. The van der Waals surface area contributed by atoms with Gasteiger partial charge in [0.15, 0.2) is 0 Å². The fraction of sp³-hybridized carbons (Fsp3) is 0.357. The molecule has 1 unspecified atom stereocenters. The molecule has 0 saturated carbocycles. The van der Waals surface area contributed by atoms with Gasteiger partial charge in [0.25, 0.3) is 0 Å². The number of hydrogen-bond acceptors (Lipinski definition) is 3. The molecule has 17 heavy (non-hydrogen) atoms. The first-order valence-corrected chi connectivity index (χ1v) is 6.78. The third kappa shape index (κ3) is 2.34. The third-order valence-corrected chi connectivity index (χ3v) is 3.84. The van der Waals surface area contributed by atoms with Gasteiger partial charge in [-0.1, -0.05) is 25.1 Å². The van der Waals surface area contributed by atoms with Crippen LogP contribution in [0.3, 0.4) is 0 Å². The summed E-state index contributed by atoms with van der Waals surface area (Å²) in [5.41, 5.74) is 1.10. The van der Waals surface area contributed by atoms with Gasteiger partial charge < -0.3 is 4.74 Å². The molecule has 0 aliphatic rings. The second-order valence-electron chi connectivity index (χ2n) is 3.90.